The van der Waals surface area contributed by atoms with Gasteiger partial charge < -0.3 is 10.2 Å². The first kappa shape index (κ1) is 12.9. The highest BCUT2D eigenvalue weighted by Crippen LogP contribution is 2.43. The molecule has 1 N–H and O–H groups in total. The third-order valence-corrected chi connectivity index (χ3v) is 5.42. The average molecular weight is 250 g/mol. The Balaban J connectivity index is 1.39. The standard InChI is InChI=1S/C16H30N2/c1-18-9-3-4-13(12-18)11-17-16-6-2-5-15(10-16)14-7-8-14/h13-17H,2-12H2,1H3. The summed E-state index contributed by atoms with van der Waals surface area (Å²) in [4.78, 5) is 2.50. The van der Waals surface area contributed by atoms with Crippen molar-refractivity contribution in [3.63, 3.8) is 0 Å². The molecule has 2 aliphatic carbocycles. The Kier molecular flexibility index (Phi) is 4.25. The molecule has 0 spiro atoms. The molecule has 3 unspecified atom stereocenters. The second-order valence-corrected chi connectivity index (χ2v) is 7.14. The minimum Gasteiger partial charge on any atom is -0.314 e. The van der Waals surface area contributed by atoms with Gasteiger partial charge in [-0.05, 0) is 76.4 Å². The molecule has 2 saturated carbocycles. The Labute approximate surface area is 113 Å². The molecule has 3 rings (SSSR count). The summed E-state index contributed by atoms with van der Waals surface area (Å²) in [6, 6.07) is 0.844. The maximum absolute atomic E-state index is 3.90. The van der Waals surface area contributed by atoms with E-state index in [2.05, 4.69) is 17.3 Å². The minimum absolute atomic E-state index is 0.844. The molecular formula is C16H30N2. The van der Waals surface area contributed by atoms with Crippen LogP contribution in [0, 0.1) is 17.8 Å². The smallest absolute Gasteiger partial charge is 0.00699 e. The molecule has 1 heterocycles. The van der Waals surface area contributed by atoms with E-state index in [1.807, 2.05) is 0 Å². The average Bonchev–Trinajstić information content (AvgIpc) is 3.21. The summed E-state index contributed by atoms with van der Waals surface area (Å²) >= 11 is 0. The van der Waals surface area contributed by atoms with E-state index in [-0.39, 0.29) is 0 Å². The lowest BCUT2D eigenvalue weighted by Crippen LogP contribution is -2.42. The van der Waals surface area contributed by atoms with Gasteiger partial charge in [0.15, 0.2) is 0 Å². The van der Waals surface area contributed by atoms with Crippen LogP contribution >= 0.6 is 0 Å². The van der Waals surface area contributed by atoms with Crippen molar-refractivity contribution < 1.29 is 0 Å². The van der Waals surface area contributed by atoms with Crippen molar-refractivity contribution in [2.75, 3.05) is 26.7 Å². The number of nitrogens with zero attached hydrogens (tertiary/aromatic N) is 1. The van der Waals surface area contributed by atoms with E-state index < -0.39 is 0 Å². The van der Waals surface area contributed by atoms with Crippen LogP contribution in [0.1, 0.15) is 51.4 Å². The summed E-state index contributed by atoms with van der Waals surface area (Å²) in [5.41, 5.74) is 0. The van der Waals surface area contributed by atoms with Crippen LogP contribution in [0.2, 0.25) is 0 Å². The number of hydrogen-bond acceptors (Lipinski definition) is 2. The molecule has 2 heteroatoms. The molecular weight excluding hydrogens is 220 g/mol. The zero-order valence-electron chi connectivity index (χ0n) is 12.0. The van der Waals surface area contributed by atoms with Crippen LogP contribution in [-0.2, 0) is 0 Å². The number of hydrogen-bond donors (Lipinski definition) is 1. The number of likely N-dealkylation sites (tertiary alicyclic amines) is 1. The van der Waals surface area contributed by atoms with Crippen LogP contribution in [0.3, 0.4) is 0 Å². The zero-order valence-corrected chi connectivity index (χ0v) is 12.0. The third-order valence-electron chi connectivity index (χ3n) is 5.42. The second-order valence-electron chi connectivity index (χ2n) is 7.14. The van der Waals surface area contributed by atoms with E-state index in [0.29, 0.717) is 0 Å². The predicted molar refractivity (Wildman–Crippen MR) is 76.7 cm³/mol. The molecule has 0 aromatic carbocycles. The summed E-state index contributed by atoms with van der Waals surface area (Å²) in [5.74, 6) is 3.10. The molecule has 2 nitrogen and oxygen atoms in total. The highest BCUT2D eigenvalue weighted by atomic mass is 15.1. The van der Waals surface area contributed by atoms with Crippen molar-refractivity contribution in [1.29, 1.82) is 0 Å². The van der Waals surface area contributed by atoms with Crippen LogP contribution in [-0.4, -0.2) is 37.6 Å². The topological polar surface area (TPSA) is 15.3 Å². The van der Waals surface area contributed by atoms with Crippen LogP contribution in [0.4, 0.5) is 0 Å². The quantitative estimate of drug-likeness (QED) is 0.825. The third kappa shape index (κ3) is 3.48. The van der Waals surface area contributed by atoms with Gasteiger partial charge in [-0.25, -0.2) is 0 Å². The molecule has 3 atom stereocenters. The van der Waals surface area contributed by atoms with Crippen molar-refractivity contribution in [3.05, 3.63) is 0 Å². The van der Waals surface area contributed by atoms with E-state index in [0.717, 1.165) is 23.8 Å². The maximum Gasteiger partial charge on any atom is 0.00699 e. The van der Waals surface area contributed by atoms with E-state index in [4.69, 9.17) is 0 Å². The molecule has 0 amide bonds. The van der Waals surface area contributed by atoms with Gasteiger partial charge in [0.25, 0.3) is 0 Å². The normalized spacial score (nSPS) is 38.8. The minimum atomic E-state index is 0.844. The molecule has 1 aliphatic heterocycles. The first-order chi connectivity index (χ1) is 8.81. The van der Waals surface area contributed by atoms with E-state index in [9.17, 15) is 0 Å². The molecule has 18 heavy (non-hydrogen) atoms. The molecule has 0 bridgehead atoms. The monoisotopic (exact) mass is 250 g/mol. The highest BCUT2D eigenvalue weighted by Gasteiger charge is 2.34. The first-order valence-corrected chi connectivity index (χ1v) is 8.23. The summed E-state index contributed by atoms with van der Waals surface area (Å²) in [6.45, 7) is 3.89. The van der Waals surface area contributed by atoms with Crippen molar-refractivity contribution in [1.82, 2.24) is 10.2 Å². The fourth-order valence-corrected chi connectivity index (χ4v) is 4.18. The van der Waals surface area contributed by atoms with Crippen LogP contribution in [0.15, 0.2) is 0 Å². The lowest BCUT2D eigenvalue weighted by molar-refractivity contribution is 0.191. The Bertz CT molecular complexity index is 262. The Morgan fingerprint density at radius 2 is 1.89 bits per heavy atom. The summed E-state index contributed by atoms with van der Waals surface area (Å²) in [5, 5.41) is 3.90. The summed E-state index contributed by atoms with van der Waals surface area (Å²) in [7, 11) is 2.27. The zero-order chi connectivity index (χ0) is 12.4. The Morgan fingerprint density at radius 1 is 1.00 bits per heavy atom. The van der Waals surface area contributed by atoms with E-state index in [1.54, 1.807) is 0 Å². The largest absolute Gasteiger partial charge is 0.314 e. The fraction of sp³-hybridized carbons (Fsp3) is 1.00. The Hall–Kier alpha value is -0.0800. The van der Waals surface area contributed by atoms with Gasteiger partial charge in [0, 0.05) is 12.6 Å². The predicted octanol–water partition coefficient (Wildman–Crippen LogP) is 2.89. The number of nitrogens with one attached hydrogen (secondary N) is 1. The van der Waals surface area contributed by atoms with Gasteiger partial charge in [-0.15, -0.1) is 0 Å². The van der Waals surface area contributed by atoms with Crippen LogP contribution < -0.4 is 5.32 Å². The Morgan fingerprint density at radius 3 is 2.67 bits per heavy atom. The molecule has 0 aromatic heterocycles. The van der Waals surface area contributed by atoms with Crippen LogP contribution in [0.5, 0.6) is 0 Å². The van der Waals surface area contributed by atoms with Gasteiger partial charge in [0.2, 0.25) is 0 Å². The van der Waals surface area contributed by atoms with Gasteiger partial charge in [-0.2, -0.15) is 0 Å². The van der Waals surface area contributed by atoms with Gasteiger partial charge >= 0.3 is 0 Å². The maximum atomic E-state index is 3.90. The molecule has 3 aliphatic rings. The van der Waals surface area contributed by atoms with Crippen molar-refractivity contribution in [2.24, 2.45) is 17.8 Å². The van der Waals surface area contributed by atoms with Gasteiger partial charge in [-0.3, -0.25) is 0 Å². The molecule has 104 valence electrons. The van der Waals surface area contributed by atoms with E-state index >= 15 is 0 Å². The molecule has 0 aromatic rings. The number of rotatable bonds is 4. The van der Waals surface area contributed by atoms with Crippen molar-refractivity contribution in [3.8, 4) is 0 Å². The van der Waals surface area contributed by atoms with Gasteiger partial charge in [-0.1, -0.05) is 12.8 Å². The number of piperidine rings is 1. The molecule has 0 radical (unpaired) electrons. The van der Waals surface area contributed by atoms with E-state index in [1.165, 1.54) is 71.0 Å². The lowest BCUT2D eigenvalue weighted by atomic mass is 9.82. The van der Waals surface area contributed by atoms with Crippen LogP contribution in [0.25, 0.3) is 0 Å². The molecule has 1 saturated heterocycles. The fourth-order valence-electron chi connectivity index (χ4n) is 4.18. The van der Waals surface area contributed by atoms with Crippen molar-refractivity contribution >= 4 is 0 Å². The second kappa shape index (κ2) is 5.92. The SMILES string of the molecule is CN1CCCC(CNC2CCCC(C3CC3)C2)C1. The summed E-state index contributed by atoms with van der Waals surface area (Å²) < 4.78 is 0. The van der Waals surface area contributed by atoms with Crippen molar-refractivity contribution in [2.45, 2.75) is 57.4 Å². The van der Waals surface area contributed by atoms with Gasteiger partial charge in [0.05, 0.1) is 0 Å². The lowest BCUT2D eigenvalue weighted by Gasteiger charge is -2.34. The first-order valence-electron chi connectivity index (χ1n) is 8.23. The van der Waals surface area contributed by atoms with Gasteiger partial charge in [0.1, 0.15) is 0 Å². The summed E-state index contributed by atoms with van der Waals surface area (Å²) in [6.07, 6.45) is 11.8. The highest BCUT2D eigenvalue weighted by molar-refractivity contribution is 4.88. The molecule has 3 fully saturated rings.